The first-order valence-corrected chi connectivity index (χ1v) is 13.9. The maximum atomic E-state index is 13.3. The summed E-state index contributed by atoms with van der Waals surface area (Å²) in [5.74, 6) is -0.606. The number of hydrogen-bond donors (Lipinski definition) is 0. The molecule has 1 aromatic heterocycles. The van der Waals surface area contributed by atoms with Gasteiger partial charge in [-0.1, -0.05) is 11.8 Å². The molecule has 190 valence electrons. The van der Waals surface area contributed by atoms with Gasteiger partial charge in [-0.25, -0.2) is 17.8 Å². The molecule has 36 heavy (non-hydrogen) atoms. The van der Waals surface area contributed by atoms with Gasteiger partial charge < -0.3 is 14.2 Å². The highest BCUT2D eigenvalue weighted by atomic mass is 32.2. The fraction of sp³-hybridized carbons (Fsp3) is 0.375. The fourth-order valence-electron chi connectivity index (χ4n) is 3.98. The first kappa shape index (κ1) is 26.1. The second kappa shape index (κ2) is 11.4. The molecule has 0 spiro atoms. The number of carbonyl (C=O) groups excluding carboxylic acids is 1. The number of nitrogens with zero attached hydrogens (tertiary/aromatic N) is 5. The second-order valence-corrected chi connectivity index (χ2v) is 10.9. The van der Waals surface area contributed by atoms with Crippen molar-refractivity contribution in [3.8, 4) is 6.07 Å². The van der Waals surface area contributed by atoms with Crippen LogP contribution in [0.3, 0.4) is 0 Å². The van der Waals surface area contributed by atoms with E-state index >= 15 is 0 Å². The van der Waals surface area contributed by atoms with Crippen molar-refractivity contribution in [2.75, 3.05) is 43.5 Å². The molecular formula is C24H26FN5O4S2. The maximum absolute atomic E-state index is 13.3. The molecule has 0 aliphatic carbocycles. The summed E-state index contributed by atoms with van der Waals surface area (Å²) >= 11 is 1.23. The average Bonchev–Trinajstić information content (AvgIpc) is 3.26. The first-order chi connectivity index (χ1) is 17.3. The molecular weight excluding hydrogens is 505 g/mol. The van der Waals surface area contributed by atoms with Crippen LogP contribution in [0.25, 0.3) is 11.0 Å². The zero-order valence-electron chi connectivity index (χ0n) is 19.8. The lowest BCUT2D eigenvalue weighted by Gasteiger charge is -2.26. The summed E-state index contributed by atoms with van der Waals surface area (Å²) in [6.07, 6.45) is 0.141. The number of nitriles is 1. The number of thioether (sulfide) groups is 1. The highest BCUT2D eigenvalue weighted by molar-refractivity contribution is 7.99. The number of hydrogen-bond acceptors (Lipinski definition) is 7. The number of carbonyl (C=O) groups is 1. The molecule has 12 heteroatoms. The molecule has 2 heterocycles. The van der Waals surface area contributed by atoms with Gasteiger partial charge in [-0.2, -0.15) is 9.57 Å². The fourth-order valence-corrected chi connectivity index (χ4v) is 6.37. The lowest BCUT2D eigenvalue weighted by molar-refractivity contribution is -0.116. The number of fused-ring (bicyclic) bond motifs is 1. The summed E-state index contributed by atoms with van der Waals surface area (Å²) in [6.45, 7) is 4.07. The molecule has 1 fully saturated rings. The number of aryl methyl sites for hydroxylation is 1. The number of amides is 1. The lowest BCUT2D eigenvalue weighted by Crippen LogP contribution is -2.40. The van der Waals surface area contributed by atoms with Crippen molar-refractivity contribution in [3.63, 3.8) is 0 Å². The van der Waals surface area contributed by atoms with Gasteiger partial charge >= 0.3 is 0 Å². The van der Waals surface area contributed by atoms with Crippen LogP contribution in [0.4, 0.5) is 10.1 Å². The molecule has 3 aromatic rings. The van der Waals surface area contributed by atoms with E-state index in [0.717, 1.165) is 5.52 Å². The van der Waals surface area contributed by atoms with Gasteiger partial charge in [0.15, 0.2) is 5.16 Å². The third kappa shape index (κ3) is 5.54. The number of ether oxygens (including phenoxy) is 1. The number of rotatable bonds is 9. The zero-order valence-corrected chi connectivity index (χ0v) is 21.4. The average molecular weight is 532 g/mol. The molecule has 9 nitrogen and oxygen atoms in total. The van der Waals surface area contributed by atoms with E-state index < -0.39 is 15.8 Å². The Kier molecular flexibility index (Phi) is 8.25. The van der Waals surface area contributed by atoms with Crippen molar-refractivity contribution in [1.29, 1.82) is 5.26 Å². The van der Waals surface area contributed by atoms with Crippen LogP contribution in [-0.2, 0) is 26.1 Å². The summed E-state index contributed by atoms with van der Waals surface area (Å²) < 4.78 is 48.1. The van der Waals surface area contributed by atoms with Gasteiger partial charge in [-0.05, 0) is 49.4 Å². The molecule has 1 aliphatic rings. The molecule has 0 unspecified atom stereocenters. The maximum Gasteiger partial charge on any atom is 0.243 e. The van der Waals surface area contributed by atoms with Crippen molar-refractivity contribution in [1.82, 2.24) is 13.9 Å². The van der Waals surface area contributed by atoms with E-state index in [0.29, 0.717) is 49.2 Å². The molecule has 1 saturated heterocycles. The van der Waals surface area contributed by atoms with Crippen LogP contribution < -0.4 is 4.90 Å². The van der Waals surface area contributed by atoms with E-state index in [1.807, 2.05) is 17.6 Å². The third-order valence-electron chi connectivity index (χ3n) is 5.82. The molecule has 4 rings (SSSR count). The van der Waals surface area contributed by atoms with E-state index in [4.69, 9.17) is 10.00 Å². The normalized spacial score (nSPS) is 14.6. The molecule has 1 aliphatic heterocycles. The molecule has 0 atom stereocenters. The Labute approximate surface area is 213 Å². The van der Waals surface area contributed by atoms with Crippen LogP contribution in [0.1, 0.15) is 13.3 Å². The summed E-state index contributed by atoms with van der Waals surface area (Å²) in [6, 6.07) is 12.5. The van der Waals surface area contributed by atoms with Crippen LogP contribution in [0, 0.1) is 17.1 Å². The Morgan fingerprint density at radius 3 is 2.61 bits per heavy atom. The molecule has 0 bridgehead atoms. The van der Waals surface area contributed by atoms with Gasteiger partial charge in [0.25, 0.3) is 0 Å². The number of imidazole rings is 1. The first-order valence-electron chi connectivity index (χ1n) is 11.5. The third-order valence-corrected chi connectivity index (χ3v) is 8.68. The van der Waals surface area contributed by atoms with E-state index in [-0.39, 0.29) is 29.5 Å². The zero-order chi connectivity index (χ0) is 25.7. The quantitative estimate of drug-likeness (QED) is 0.390. The number of morpholine rings is 1. The van der Waals surface area contributed by atoms with Crippen LogP contribution in [0.2, 0.25) is 0 Å². The van der Waals surface area contributed by atoms with Crippen molar-refractivity contribution >= 4 is 44.4 Å². The molecule has 0 radical (unpaired) electrons. The largest absolute Gasteiger partial charge is 0.379 e. The monoisotopic (exact) mass is 531 g/mol. The number of benzene rings is 2. The van der Waals surface area contributed by atoms with Gasteiger partial charge in [0.1, 0.15) is 5.82 Å². The highest BCUT2D eigenvalue weighted by Crippen LogP contribution is 2.28. The molecule has 0 N–H and O–H groups in total. The molecule has 0 saturated carbocycles. The topological polar surface area (TPSA) is 109 Å². The molecule has 1 amide bonds. The minimum atomic E-state index is -3.66. The Bertz CT molecular complexity index is 1380. The standard InChI is InChI=1S/C24H26FN5O4S2/c1-2-29-22-9-8-20(36(32,33)28-12-14-34-15-13-28)16-21(22)27-24(29)35-17-23(31)30(11-3-10-26)19-6-4-18(25)5-7-19/h4-9,16H,2-3,11-15,17H2,1H3. The SMILES string of the molecule is CCn1c(SCC(=O)N(CCC#N)c2ccc(F)cc2)nc2cc(S(=O)(=O)N3CCOCC3)ccc21. The van der Waals surface area contributed by atoms with Crippen molar-refractivity contribution in [3.05, 3.63) is 48.3 Å². The van der Waals surface area contributed by atoms with Gasteiger partial charge in [0.2, 0.25) is 15.9 Å². The summed E-state index contributed by atoms with van der Waals surface area (Å²) in [5, 5.41) is 9.57. The minimum absolute atomic E-state index is 0.0467. The van der Waals surface area contributed by atoms with Gasteiger partial charge in [-0.3, -0.25) is 4.79 Å². The summed E-state index contributed by atoms with van der Waals surface area (Å²) in [7, 11) is -3.66. The second-order valence-electron chi connectivity index (χ2n) is 8.02. The van der Waals surface area contributed by atoms with Gasteiger partial charge in [-0.15, -0.1) is 0 Å². The highest BCUT2D eigenvalue weighted by Gasteiger charge is 2.27. The number of aromatic nitrogens is 2. The Morgan fingerprint density at radius 1 is 1.22 bits per heavy atom. The Balaban J connectivity index is 1.56. The van der Waals surface area contributed by atoms with Gasteiger partial charge in [0, 0.05) is 31.9 Å². The van der Waals surface area contributed by atoms with Crippen LogP contribution in [0.5, 0.6) is 0 Å². The van der Waals surface area contributed by atoms with E-state index in [1.165, 1.54) is 45.2 Å². The predicted molar refractivity (Wildman–Crippen MR) is 135 cm³/mol. The predicted octanol–water partition coefficient (Wildman–Crippen LogP) is 3.26. The van der Waals surface area contributed by atoms with Crippen LogP contribution in [-0.4, -0.2) is 66.8 Å². The Hall–Kier alpha value is -2.98. The van der Waals surface area contributed by atoms with Gasteiger partial charge in [0.05, 0.1) is 47.4 Å². The number of anilines is 1. The van der Waals surface area contributed by atoms with Crippen LogP contribution in [0.15, 0.2) is 52.5 Å². The van der Waals surface area contributed by atoms with E-state index in [1.54, 1.807) is 18.2 Å². The van der Waals surface area contributed by atoms with E-state index in [2.05, 4.69) is 4.98 Å². The summed E-state index contributed by atoms with van der Waals surface area (Å²) in [4.78, 5) is 19.3. The minimum Gasteiger partial charge on any atom is -0.379 e. The lowest BCUT2D eigenvalue weighted by atomic mass is 10.2. The van der Waals surface area contributed by atoms with Crippen molar-refractivity contribution in [2.45, 2.75) is 29.9 Å². The van der Waals surface area contributed by atoms with Crippen molar-refractivity contribution < 1.29 is 22.3 Å². The van der Waals surface area contributed by atoms with Crippen LogP contribution >= 0.6 is 11.8 Å². The molecule has 2 aromatic carbocycles. The van der Waals surface area contributed by atoms with E-state index in [9.17, 15) is 17.6 Å². The van der Waals surface area contributed by atoms with Crippen molar-refractivity contribution in [2.24, 2.45) is 0 Å². The summed E-state index contributed by atoms with van der Waals surface area (Å²) in [5.41, 5.74) is 1.81. The number of sulfonamides is 1. The Morgan fingerprint density at radius 2 is 1.94 bits per heavy atom. The smallest absolute Gasteiger partial charge is 0.243 e. The number of halogens is 1.